The summed E-state index contributed by atoms with van der Waals surface area (Å²) in [4.78, 5) is 14.0. The predicted molar refractivity (Wildman–Crippen MR) is 60.0 cm³/mol. The lowest BCUT2D eigenvalue weighted by Crippen LogP contribution is -2.51. The third-order valence-electron chi connectivity index (χ3n) is 3.60. The summed E-state index contributed by atoms with van der Waals surface area (Å²) in [5.41, 5.74) is 0. The zero-order valence-electron chi connectivity index (χ0n) is 9.73. The fraction of sp³-hybridized carbons (Fsp3) is 0.917. The van der Waals surface area contributed by atoms with Crippen molar-refractivity contribution in [1.82, 2.24) is 4.90 Å². The molecule has 0 radical (unpaired) electrons. The van der Waals surface area contributed by atoms with Gasteiger partial charge in [0.2, 0.25) is 5.91 Å². The number of hydrogen-bond donors (Lipinski definition) is 1. The van der Waals surface area contributed by atoms with E-state index in [1.54, 1.807) is 0 Å². The van der Waals surface area contributed by atoms with Gasteiger partial charge in [-0.05, 0) is 32.1 Å². The number of rotatable bonds is 4. The lowest BCUT2D eigenvalue weighted by molar-refractivity contribution is -0.144. The maximum atomic E-state index is 12.0. The summed E-state index contributed by atoms with van der Waals surface area (Å²) in [6.07, 6.45) is 5.76. The van der Waals surface area contributed by atoms with Crippen molar-refractivity contribution < 1.29 is 14.6 Å². The van der Waals surface area contributed by atoms with Crippen molar-refractivity contribution in [2.45, 2.75) is 50.7 Å². The highest BCUT2D eigenvalue weighted by atomic mass is 16.5. The van der Waals surface area contributed by atoms with Crippen molar-refractivity contribution in [3.8, 4) is 0 Å². The van der Waals surface area contributed by atoms with Crippen LogP contribution < -0.4 is 0 Å². The fourth-order valence-electron chi connectivity index (χ4n) is 2.77. The lowest BCUT2D eigenvalue weighted by Gasteiger charge is -2.37. The number of unbranched alkanes of at least 4 members (excludes halogenated alkanes) is 1. The Kier molecular flexibility index (Phi) is 4.18. The van der Waals surface area contributed by atoms with Gasteiger partial charge in [0.1, 0.15) is 0 Å². The molecule has 1 saturated carbocycles. The molecule has 2 unspecified atom stereocenters. The molecule has 1 N–H and O–H groups in total. The third kappa shape index (κ3) is 2.55. The van der Waals surface area contributed by atoms with Crippen molar-refractivity contribution in [1.29, 1.82) is 0 Å². The Bertz CT molecular complexity index is 244. The average molecular weight is 227 g/mol. The molecule has 0 bridgehead atoms. The molecule has 2 rings (SSSR count). The molecule has 4 heteroatoms. The third-order valence-corrected chi connectivity index (χ3v) is 3.60. The van der Waals surface area contributed by atoms with Gasteiger partial charge in [-0.25, -0.2) is 0 Å². The van der Waals surface area contributed by atoms with Crippen LogP contribution in [0, 0.1) is 0 Å². The Morgan fingerprint density at radius 1 is 1.38 bits per heavy atom. The van der Waals surface area contributed by atoms with E-state index in [0.29, 0.717) is 19.1 Å². The van der Waals surface area contributed by atoms with Crippen LogP contribution in [0.15, 0.2) is 0 Å². The van der Waals surface area contributed by atoms with E-state index >= 15 is 0 Å². The molecule has 0 spiro atoms. The second kappa shape index (κ2) is 5.64. The van der Waals surface area contributed by atoms with E-state index in [4.69, 9.17) is 9.84 Å². The summed E-state index contributed by atoms with van der Waals surface area (Å²) in [5, 5.41) is 8.69. The summed E-state index contributed by atoms with van der Waals surface area (Å²) in [6.45, 7) is 1.62. The first-order valence-electron chi connectivity index (χ1n) is 6.35. The molecule has 1 saturated heterocycles. The zero-order chi connectivity index (χ0) is 11.4. The first kappa shape index (κ1) is 11.9. The largest absolute Gasteiger partial charge is 0.396 e. The number of carbonyl (C=O) groups excluding carboxylic acids is 1. The van der Waals surface area contributed by atoms with Gasteiger partial charge < -0.3 is 14.7 Å². The number of hydrogen-bond acceptors (Lipinski definition) is 3. The molecule has 0 aromatic rings. The first-order chi connectivity index (χ1) is 7.83. The Morgan fingerprint density at radius 3 is 3.06 bits per heavy atom. The normalized spacial score (nSPS) is 29.2. The number of morpholine rings is 1. The van der Waals surface area contributed by atoms with Crippen LogP contribution in [0.5, 0.6) is 0 Å². The van der Waals surface area contributed by atoms with Crippen molar-refractivity contribution >= 4 is 5.91 Å². The number of nitrogens with zero attached hydrogens (tertiary/aromatic N) is 1. The van der Waals surface area contributed by atoms with E-state index < -0.39 is 0 Å². The SMILES string of the molecule is O=C(CCCCO)N1CCOC2CCCC21. The maximum Gasteiger partial charge on any atom is 0.222 e. The standard InChI is InChI=1S/C12H21NO3/c14-8-2-1-6-12(15)13-7-9-16-11-5-3-4-10(11)13/h10-11,14H,1-9H2. The zero-order valence-corrected chi connectivity index (χ0v) is 9.73. The Morgan fingerprint density at radius 2 is 2.25 bits per heavy atom. The molecule has 0 aromatic carbocycles. The van der Waals surface area contributed by atoms with Gasteiger partial charge >= 0.3 is 0 Å². The number of carbonyl (C=O) groups is 1. The minimum atomic E-state index is 0.183. The highest BCUT2D eigenvalue weighted by Crippen LogP contribution is 2.30. The van der Waals surface area contributed by atoms with Gasteiger partial charge in [-0.3, -0.25) is 4.79 Å². The van der Waals surface area contributed by atoms with Crippen molar-refractivity contribution in [3.63, 3.8) is 0 Å². The van der Waals surface area contributed by atoms with Crippen LogP contribution >= 0.6 is 0 Å². The van der Waals surface area contributed by atoms with Crippen LogP contribution in [0.1, 0.15) is 38.5 Å². The minimum Gasteiger partial charge on any atom is -0.396 e. The molecule has 2 fully saturated rings. The smallest absolute Gasteiger partial charge is 0.222 e. The predicted octanol–water partition coefficient (Wildman–Crippen LogP) is 0.929. The van der Waals surface area contributed by atoms with Crippen molar-refractivity contribution in [2.75, 3.05) is 19.8 Å². The second-order valence-electron chi connectivity index (χ2n) is 4.68. The molecule has 1 amide bonds. The highest BCUT2D eigenvalue weighted by molar-refractivity contribution is 5.76. The van der Waals surface area contributed by atoms with Gasteiger partial charge in [0.05, 0.1) is 18.8 Å². The molecule has 0 aromatic heterocycles. The summed E-state index contributed by atoms with van der Waals surface area (Å²) in [5.74, 6) is 0.244. The van der Waals surface area contributed by atoms with Crippen LogP contribution in [-0.2, 0) is 9.53 Å². The van der Waals surface area contributed by atoms with E-state index in [-0.39, 0.29) is 18.6 Å². The molecule has 4 nitrogen and oxygen atoms in total. The van der Waals surface area contributed by atoms with Gasteiger partial charge in [-0.2, -0.15) is 0 Å². The summed E-state index contributed by atoms with van der Waals surface area (Å²) < 4.78 is 5.67. The van der Waals surface area contributed by atoms with E-state index in [2.05, 4.69) is 0 Å². The number of fused-ring (bicyclic) bond motifs is 1. The van der Waals surface area contributed by atoms with Crippen molar-refractivity contribution in [3.05, 3.63) is 0 Å². The maximum absolute atomic E-state index is 12.0. The van der Waals surface area contributed by atoms with Crippen LogP contribution in [0.3, 0.4) is 0 Å². The molecule has 16 heavy (non-hydrogen) atoms. The molecule has 92 valence electrons. The summed E-state index contributed by atoms with van der Waals surface area (Å²) in [7, 11) is 0. The van der Waals surface area contributed by atoms with Gasteiger partial charge in [-0.1, -0.05) is 0 Å². The highest BCUT2D eigenvalue weighted by Gasteiger charge is 2.37. The van der Waals surface area contributed by atoms with Crippen LogP contribution in [0.25, 0.3) is 0 Å². The molecule has 2 atom stereocenters. The molecular weight excluding hydrogens is 206 g/mol. The fourth-order valence-corrected chi connectivity index (χ4v) is 2.77. The summed E-state index contributed by atoms with van der Waals surface area (Å²) >= 11 is 0. The van der Waals surface area contributed by atoms with E-state index in [1.807, 2.05) is 4.90 Å². The molecule has 1 aliphatic carbocycles. The van der Waals surface area contributed by atoms with Gasteiger partial charge in [0.25, 0.3) is 0 Å². The number of aliphatic hydroxyl groups excluding tert-OH is 1. The van der Waals surface area contributed by atoms with Gasteiger partial charge in [-0.15, -0.1) is 0 Å². The second-order valence-corrected chi connectivity index (χ2v) is 4.68. The molecule has 1 heterocycles. The first-order valence-corrected chi connectivity index (χ1v) is 6.35. The number of ether oxygens (including phenoxy) is 1. The summed E-state index contributed by atoms with van der Waals surface area (Å²) in [6, 6.07) is 0.329. The molecule has 1 aliphatic heterocycles. The average Bonchev–Trinajstić information content (AvgIpc) is 2.76. The Labute approximate surface area is 96.6 Å². The van der Waals surface area contributed by atoms with E-state index in [0.717, 1.165) is 32.2 Å². The van der Waals surface area contributed by atoms with Crippen LogP contribution in [0.4, 0.5) is 0 Å². The lowest BCUT2D eigenvalue weighted by atomic mass is 10.1. The minimum absolute atomic E-state index is 0.183. The number of aliphatic hydroxyl groups is 1. The Balaban J connectivity index is 1.84. The molecule has 2 aliphatic rings. The van der Waals surface area contributed by atoms with E-state index in [9.17, 15) is 4.79 Å². The monoisotopic (exact) mass is 227 g/mol. The van der Waals surface area contributed by atoms with E-state index in [1.165, 1.54) is 6.42 Å². The Hall–Kier alpha value is -0.610. The van der Waals surface area contributed by atoms with Gasteiger partial charge in [0.15, 0.2) is 0 Å². The van der Waals surface area contributed by atoms with Crippen LogP contribution in [-0.4, -0.2) is 47.8 Å². The number of amides is 1. The van der Waals surface area contributed by atoms with Gasteiger partial charge in [0, 0.05) is 19.6 Å². The van der Waals surface area contributed by atoms with Crippen molar-refractivity contribution in [2.24, 2.45) is 0 Å². The molecular formula is C12H21NO3. The topological polar surface area (TPSA) is 49.8 Å². The quantitative estimate of drug-likeness (QED) is 0.727. The van der Waals surface area contributed by atoms with Crippen LogP contribution in [0.2, 0.25) is 0 Å².